The van der Waals surface area contributed by atoms with E-state index in [9.17, 15) is 4.79 Å². The van der Waals surface area contributed by atoms with Crippen LogP contribution in [0, 0.1) is 0 Å². The quantitative estimate of drug-likeness (QED) is 0.880. The third-order valence-electron chi connectivity index (χ3n) is 4.62. The van der Waals surface area contributed by atoms with Gasteiger partial charge in [0.1, 0.15) is 5.82 Å². The summed E-state index contributed by atoms with van der Waals surface area (Å²) in [4.78, 5) is 18.1. The van der Waals surface area contributed by atoms with Crippen LogP contribution >= 0.6 is 0 Å². The van der Waals surface area contributed by atoms with Gasteiger partial charge in [-0.3, -0.25) is 4.57 Å². The molecule has 3 rings (SSSR count). The molecule has 1 unspecified atom stereocenters. The van der Waals surface area contributed by atoms with Gasteiger partial charge in [0, 0.05) is 18.8 Å². The second-order valence-electron chi connectivity index (χ2n) is 6.45. The second kappa shape index (κ2) is 7.59. The van der Waals surface area contributed by atoms with Crippen molar-refractivity contribution in [1.29, 1.82) is 0 Å². The fourth-order valence-corrected chi connectivity index (χ4v) is 3.13. The van der Waals surface area contributed by atoms with E-state index in [0.717, 1.165) is 44.6 Å². The van der Waals surface area contributed by atoms with Gasteiger partial charge in [0.2, 0.25) is 0 Å². The number of likely N-dealkylation sites (tertiary alicyclic amines) is 1. The summed E-state index contributed by atoms with van der Waals surface area (Å²) in [7, 11) is 0. The number of nitrogens with two attached hydrogens (primary N) is 2. The zero-order chi connectivity index (χ0) is 16.9. The number of rotatable bonds is 4. The molecule has 0 spiro atoms. The summed E-state index contributed by atoms with van der Waals surface area (Å²) in [5.41, 5.74) is 13.3. The van der Waals surface area contributed by atoms with E-state index in [4.69, 9.17) is 11.5 Å². The molecule has 0 amide bonds. The lowest BCUT2D eigenvalue weighted by atomic mass is 10.1. The van der Waals surface area contributed by atoms with Crippen LogP contribution in [0.25, 0.3) is 5.69 Å². The molecular formula is C18H25N5O. The molecule has 4 N–H and O–H groups in total. The molecule has 0 aliphatic carbocycles. The van der Waals surface area contributed by atoms with Crippen molar-refractivity contribution in [2.24, 2.45) is 5.73 Å². The van der Waals surface area contributed by atoms with E-state index >= 15 is 0 Å². The maximum atomic E-state index is 11.9. The third kappa shape index (κ3) is 4.21. The molecule has 1 aliphatic heterocycles. The Bertz CT molecular complexity index is 725. The first-order valence-electron chi connectivity index (χ1n) is 8.54. The highest BCUT2D eigenvalue weighted by atomic mass is 16.1. The molecule has 1 aromatic carbocycles. The Kier molecular flexibility index (Phi) is 5.27. The van der Waals surface area contributed by atoms with Crippen molar-refractivity contribution in [3.63, 3.8) is 0 Å². The second-order valence-corrected chi connectivity index (χ2v) is 6.45. The van der Waals surface area contributed by atoms with Crippen LogP contribution in [0.3, 0.4) is 0 Å². The number of aromatic nitrogens is 2. The smallest absolute Gasteiger partial charge is 0.354 e. The summed E-state index contributed by atoms with van der Waals surface area (Å²) in [6, 6.07) is 10.0. The van der Waals surface area contributed by atoms with Crippen molar-refractivity contribution in [3.8, 4) is 5.69 Å². The Balaban J connectivity index is 1.61. The molecule has 0 bridgehead atoms. The highest BCUT2D eigenvalue weighted by Gasteiger charge is 2.13. The van der Waals surface area contributed by atoms with E-state index in [1.165, 1.54) is 16.6 Å². The molecule has 2 heterocycles. The zero-order valence-electron chi connectivity index (χ0n) is 13.9. The molecule has 0 saturated carbocycles. The van der Waals surface area contributed by atoms with Gasteiger partial charge in [0.15, 0.2) is 0 Å². The predicted molar refractivity (Wildman–Crippen MR) is 96.2 cm³/mol. The first-order chi connectivity index (χ1) is 11.6. The zero-order valence-corrected chi connectivity index (χ0v) is 13.9. The molecular weight excluding hydrogens is 302 g/mol. The topological polar surface area (TPSA) is 90.2 Å². The maximum absolute atomic E-state index is 11.9. The van der Waals surface area contributed by atoms with Crippen molar-refractivity contribution < 1.29 is 0 Å². The van der Waals surface area contributed by atoms with Gasteiger partial charge in [-0.25, -0.2) is 4.79 Å². The molecule has 1 saturated heterocycles. The monoisotopic (exact) mass is 327 g/mol. The number of hydrogen-bond donors (Lipinski definition) is 2. The van der Waals surface area contributed by atoms with Gasteiger partial charge in [0.25, 0.3) is 0 Å². The van der Waals surface area contributed by atoms with Gasteiger partial charge in [-0.05, 0) is 62.5 Å². The third-order valence-corrected chi connectivity index (χ3v) is 4.62. The van der Waals surface area contributed by atoms with Gasteiger partial charge in [-0.2, -0.15) is 4.98 Å². The highest BCUT2D eigenvalue weighted by Crippen LogP contribution is 2.12. The molecule has 24 heavy (non-hydrogen) atoms. The number of benzene rings is 1. The van der Waals surface area contributed by atoms with Gasteiger partial charge in [-0.1, -0.05) is 12.1 Å². The number of nitrogens with zero attached hydrogens (tertiary/aromatic N) is 3. The molecule has 2 aromatic rings. The van der Waals surface area contributed by atoms with E-state index < -0.39 is 0 Å². The summed E-state index contributed by atoms with van der Waals surface area (Å²) < 4.78 is 1.50. The molecule has 1 aliphatic rings. The van der Waals surface area contributed by atoms with Crippen LogP contribution in [0.5, 0.6) is 0 Å². The van der Waals surface area contributed by atoms with Crippen molar-refractivity contribution in [2.45, 2.75) is 31.7 Å². The Hall–Kier alpha value is -2.18. The predicted octanol–water partition coefficient (Wildman–Crippen LogP) is 1.17. The van der Waals surface area contributed by atoms with Crippen LogP contribution in [-0.4, -0.2) is 40.1 Å². The minimum atomic E-state index is -0.358. The van der Waals surface area contributed by atoms with Crippen LogP contribution in [-0.2, 0) is 6.42 Å². The molecule has 6 nitrogen and oxygen atoms in total. The first kappa shape index (κ1) is 16.7. The van der Waals surface area contributed by atoms with E-state index in [2.05, 4.69) is 22.0 Å². The van der Waals surface area contributed by atoms with Crippen molar-refractivity contribution >= 4 is 5.82 Å². The number of anilines is 1. The largest absolute Gasteiger partial charge is 0.383 e. The van der Waals surface area contributed by atoms with Gasteiger partial charge < -0.3 is 16.4 Å². The summed E-state index contributed by atoms with van der Waals surface area (Å²) in [5, 5.41) is 0. The fraction of sp³-hybridized carbons (Fsp3) is 0.444. The molecule has 1 fully saturated rings. The highest BCUT2D eigenvalue weighted by molar-refractivity contribution is 5.36. The van der Waals surface area contributed by atoms with E-state index in [0.29, 0.717) is 6.04 Å². The van der Waals surface area contributed by atoms with Crippen LogP contribution in [0.4, 0.5) is 5.82 Å². The Morgan fingerprint density at radius 1 is 1.12 bits per heavy atom. The summed E-state index contributed by atoms with van der Waals surface area (Å²) in [6.45, 7) is 3.28. The van der Waals surface area contributed by atoms with Crippen LogP contribution in [0.1, 0.15) is 24.8 Å². The van der Waals surface area contributed by atoms with E-state index in [1.54, 1.807) is 12.3 Å². The normalized spacial score (nSPS) is 19.1. The minimum absolute atomic E-state index is 0.241. The fourth-order valence-electron chi connectivity index (χ4n) is 3.13. The first-order valence-corrected chi connectivity index (χ1v) is 8.54. The minimum Gasteiger partial charge on any atom is -0.383 e. The summed E-state index contributed by atoms with van der Waals surface area (Å²) in [6.07, 6.45) is 6.07. The number of nitrogen functional groups attached to an aromatic ring is 1. The SMILES string of the molecule is Nc1ccn(-c2ccc(CCN3CCCC(N)CC3)cc2)c(=O)n1. The van der Waals surface area contributed by atoms with E-state index in [-0.39, 0.29) is 11.5 Å². The average molecular weight is 327 g/mol. The lowest BCUT2D eigenvalue weighted by molar-refractivity contribution is 0.287. The standard InChI is InChI=1S/C18H25N5O/c19-15-2-1-10-22(12-8-15)11-7-14-3-5-16(6-4-14)23-13-9-17(20)21-18(23)24/h3-6,9,13,15H,1-2,7-8,10-12,19H2,(H2,20,21,24). The molecule has 0 radical (unpaired) electrons. The summed E-state index contributed by atoms with van der Waals surface area (Å²) in [5.74, 6) is 0.241. The lowest BCUT2D eigenvalue weighted by Crippen LogP contribution is -2.28. The average Bonchev–Trinajstić information content (AvgIpc) is 2.78. The molecule has 6 heteroatoms. The Morgan fingerprint density at radius 3 is 2.67 bits per heavy atom. The molecule has 1 atom stereocenters. The number of hydrogen-bond acceptors (Lipinski definition) is 5. The van der Waals surface area contributed by atoms with Crippen LogP contribution < -0.4 is 17.2 Å². The Morgan fingerprint density at radius 2 is 1.92 bits per heavy atom. The summed E-state index contributed by atoms with van der Waals surface area (Å²) >= 11 is 0. The maximum Gasteiger partial charge on any atom is 0.354 e. The van der Waals surface area contributed by atoms with Crippen molar-refractivity contribution in [1.82, 2.24) is 14.5 Å². The molecule has 1 aromatic heterocycles. The molecule has 128 valence electrons. The van der Waals surface area contributed by atoms with E-state index in [1.807, 2.05) is 12.1 Å². The Labute approximate surface area is 142 Å². The van der Waals surface area contributed by atoms with Crippen LogP contribution in [0.2, 0.25) is 0 Å². The van der Waals surface area contributed by atoms with Gasteiger partial charge in [0.05, 0.1) is 5.69 Å². The van der Waals surface area contributed by atoms with Crippen molar-refractivity contribution in [3.05, 3.63) is 52.6 Å². The van der Waals surface area contributed by atoms with Gasteiger partial charge in [-0.15, -0.1) is 0 Å². The lowest BCUT2D eigenvalue weighted by Gasteiger charge is -2.19. The van der Waals surface area contributed by atoms with Gasteiger partial charge >= 0.3 is 5.69 Å². The van der Waals surface area contributed by atoms with Crippen molar-refractivity contribution in [2.75, 3.05) is 25.4 Å². The van der Waals surface area contributed by atoms with Crippen LogP contribution in [0.15, 0.2) is 41.3 Å².